The number of aromatic nitrogens is 2. The minimum Gasteiger partial charge on any atom is -0.480 e. The Morgan fingerprint density at radius 3 is 1.42 bits per heavy atom. The highest BCUT2D eigenvalue weighted by atomic mass is 16.5. The molecule has 19 nitrogen and oxygen atoms in total. The number of aromatic amines is 2. The van der Waals surface area contributed by atoms with Gasteiger partial charge in [-0.2, -0.15) is 10.5 Å². The topological polar surface area (TPSA) is 334 Å². The molecule has 0 radical (unpaired) electrons. The smallest absolute Gasteiger partial charge is 0.326 e. The van der Waals surface area contributed by atoms with Crippen molar-refractivity contribution < 1.29 is 43.3 Å². The number of hydrogen-bond acceptors (Lipinski definition) is 13. The summed E-state index contributed by atoms with van der Waals surface area (Å²) in [6, 6.07) is 26.9. The quantitative estimate of drug-likeness (QED) is 0.0521. The highest BCUT2D eigenvalue weighted by Gasteiger charge is 2.21. The number of fused-ring (bicyclic) bond motifs is 2. The first-order valence-electron chi connectivity index (χ1n) is 19.9. The van der Waals surface area contributed by atoms with E-state index < -0.39 is 29.9 Å². The van der Waals surface area contributed by atoms with E-state index in [-0.39, 0.29) is 43.2 Å². The molecule has 0 saturated heterocycles. The number of nitrogens with zero attached hydrogens (tertiary/aromatic N) is 2. The van der Waals surface area contributed by atoms with Crippen LogP contribution in [0.4, 0.5) is 23.0 Å². The van der Waals surface area contributed by atoms with Gasteiger partial charge in [0.05, 0.1) is 0 Å². The number of ketones is 2. The van der Waals surface area contributed by atoms with Crippen LogP contribution in [-0.2, 0) is 28.8 Å². The van der Waals surface area contributed by atoms with Crippen LogP contribution >= 0.6 is 0 Å². The van der Waals surface area contributed by atoms with Gasteiger partial charge in [-0.1, -0.05) is 0 Å². The van der Waals surface area contributed by atoms with Crippen LogP contribution in [-0.4, -0.2) is 62.4 Å². The van der Waals surface area contributed by atoms with E-state index in [2.05, 4.69) is 38.1 Å². The third kappa shape index (κ3) is 14.6. The molecule has 2 atom stereocenters. The largest absolute Gasteiger partial charge is 0.480 e. The molecule has 336 valence electrons. The lowest BCUT2D eigenvalue weighted by atomic mass is 10.1. The number of anilines is 4. The van der Waals surface area contributed by atoms with E-state index >= 15 is 0 Å². The van der Waals surface area contributed by atoms with E-state index in [0.717, 1.165) is 16.4 Å². The number of aliphatic carboxylic acids is 1. The van der Waals surface area contributed by atoms with Crippen LogP contribution in [0.25, 0.3) is 21.8 Å². The van der Waals surface area contributed by atoms with E-state index in [1.807, 2.05) is 12.1 Å². The average Bonchev–Trinajstić information content (AvgIpc) is 3.75. The third-order valence-electron chi connectivity index (χ3n) is 9.23. The molecule has 0 aliphatic carbocycles. The Kier molecular flexibility index (Phi) is 17.2. The Hall–Kier alpha value is -8.84. The zero-order valence-corrected chi connectivity index (χ0v) is 35.9. The number of benzene rings is 4. The fraction of sp³-hybridized carbons (Fsp3) is 0.217. The van der Waals surface area contributed by atoms with Gasteiger partial charge in [0.25, 0.3) is 0 Å². The summed E-state index contributed by atoms with van der Waals surface area (Å²) in [6.07, 6.45) is 0.718. The van der Waals surface area contributed by atoms with Gasteiger partial charge in [-0.25, -0.2) is 4.79 Å². The van der Waals surface area contributed by atoms with Gasteiger partial charge < -0.3 is 67.3 Å². The minimum atomic E-state index is -1.11. The van der Waals surface area contributed by atoms with Crippen LogP contribution in [0.2, 0.25) is 0 Å². The molecule has 0 bridgehead atoms. The van der Waals surface area contributed by atoms with Crippen LogP contribution in [0.15, 0.2) is 84.9 Å². The van der Waals surface area contributed by atoms with E-state index in [1.165, 1.54) is 27.7 Å². The number of hydrogen-bond donors (Lipinski definition) is 9. The van der Waals surface area contributed by atoms with E-state index in [1.54, 1.807) is 72.8 Å². The molecule has 0 spiro atoms. The molecule has 19 heteroatoms. The molecule has 0 fully saturated rings. The van der Waals surface area contributed by atoms with Crippen LogP contribution in [0.5, 0.6) is 23.0 Å². The predicted molar refractivity (Wildman–Crippen MR) is 244 cm³/mol. The number of carbonyl (C=O) groups is 6. The molecular weight excluding hydrogens is 837 g/mol. The molecule has 3 amide bonds. The van der Waals surface area contributed by atoms with Crippen molar-refractivity contribution in [3.8, 4) is 35.1 Å². The molecule has 6 rings (SSSR count). The molecule has 65 heavy (non-hydrogen) atoms. The summed E-state index contributed by atoms with van der Waals surface area (Å²) in [7, 11) is 0. The lowest BCUT2D eigenvalue weighted by molar-refractivity contribution is -0.141. The van der Waals surface area contributed by atoms with Crippen molar-refractivity contribution in [2.45, 2.75) is 65.5 Å². The number of carboxylic acid groups (broad SMARTS) is 1. The van der Waals surface area contributed by atoms with Crippen LogP contribution < -0.4 is 42.6 Å². The van der Waals surface area contributed by atoms with Gasteiger partial charge in [-0.15, -0.1) is 0 Å². The fourth-order valence-corrected chi connectivity index (χ4v) is 6.11. The van der Waals surface area contributed by atoms with Gasteiger partial charge in [0.2, 0.25) is 17.7 Å². The summed E-state index contributed by atoms with van der Waals surface area (Å²) in [5, 5.41) is 35.9. The van der Waals surface area contributed by atoms with Crippen molar-refractivity contribution in [1.29, 1.82) is 10.5 Å². The summed E-state index contributed by atoms with van der Waals surface area (Å²) < 4.78 is 11.6. The van der Waals surface area contributed by atoms with Crippen LogP contribution in [0.3, 0.4) is 0 Å². The van der Waals surface area contributed by atoms with Crippen LogP contribution in [0, 0.1) is 22.7 Å². The molecule has 4 aromatic carbocycles. The number of Topliss-reactive ketones (excluding diaryl/α,β-unsaturated/α-hetero) is 2. The number of carboxylic acids is 1. The zero-order chi connectivity index (χ0) is 47.8. The number of rotatable bonds is 15. The van der Waals surface area contributed by atoms with Crippen molar-refractivity contribution in [3.63, 3.8) is 0 Å². The van der Waals surface area contributed by atoms with Crippen molar-refractivity contribution in [1.82, 2.24) is 20.6 Å². The molecule has 12 N–H and O–H groups in total. The third-order valence-corrected chi connectivity index (χ3v) is 9.23. The van der Waals surface area contributed by atoms with Crippen molar-refractivity contribution in [2.24, 2.45) is 0 Å². The molecule has 0 aliphatic heterocycles. The fourth-order valence-electron chi connectivity index (χ4n) is 6.11. The van der Waals surface area contributed by atoms with Gasteiger partial charge in [0.1, 0.15) is 81.5 Å². The Morgan fingerprint density at radius 1 is 0.615 bits per heavy atom. The van der Waals surface area contributed by atoms with Gasteiger partial charge >= 0.3 is 5.97 Å². The Balaban J connectivity index is 0.000000238. The normalized spacial score (nSPS) is 11.2. The minimum absolute atomic E-state index is 0.0583. The van der Waals surface area contributed by atoms with Gasteiger partial charge in [0.15, 0.2) is 0 Å². The summed E-state index contributed by atoms with van der Waals surface area (Å²) in [4.78, 5) is 72.6. The summed E-state index contributed by atoms with van der Waals surface area (Å²) in [6.45, 7) is 5.38. The monoisotopic (exact) mass is 884 g/mol. The Bertz CT molecular complexity index is 2780. The predicted octanol–water partition coefficient (Wildman–Crippen LogP) is 6.17. The van der Waals surface area contributed by atoms with Crippen molar-refractivity contribution >= 4 is 80.1 Å². The van der Waals surface area contributed by atoms with Gasteiger partial charge in [-0.05, 0) is 112 Å². The molecule has 0 aliphatic rings. The second-order valence-corrected chi connectivity index (χ2v) is 14.6. The van der Waals surface area contributed by atoms with Crippen molar-refractivity contribution in [3.05, 3.63) is 96.1 Å². The summed E-state index contributed by atoms with van der Waals surface area (Å²) >= 11 is 0. The maximum Gasteiger partial charge on any atom is 0.326 e. The number of amides is 3. The molecule has 0 unspecified atom stereocenters. The second kappa shape index (κ2) is 22.8. The second-order valence-electron chi connectivity index (χ2n) is 14.6. The lowest BCUT2D eigenvalue weighted by Crippen LogP contribution is -2.43. The Morgan fingerprint density at radius 2 is 1.02 bits per heavy atom. The summed E-state index contributed by atoms with van der Waals surface area (Å²) in [5.74, 6) is 0.624. The first-order valence-corrected chi connectivity index (χ1v) is 19.9. The number of nitrogens with one attached hydrogen (secondary N) is 5. The maximum absolute atomic E-state index is 12.5. The average molecular weight is 885 g/mol. The number of nitriles is 2. The Labute approximate surface area is 372 Å². The molecule has 6 aromatic rings. The first kappa shape index (κ1) is 48.8. The number of nitrogens with two attached hydrogens (primary N) is 3. The van der Waals surface area contributed by atoms with E-state index in [4.69, 9.17) is 37.0 Å². The van der Waals surface area contributed by atoms with Crippen LogP contribution in [0.1, 0.15) is 64.5 Å². The van der Waals surface area contributed by atoms with Gasteiger partial charge in [0, 0.05) is 59.9 Å². The molecule has 0 saturated carbocycles. The number of nitrogen functional groups attached to an aromatic ring is 3. The highest BCUT2D eigenvalue weighted by Crippen LogP contribution is 2.32. The molecule has 2 aromatic heterocycles. The summed E-state index contributed by atoms with van der Waals surface area (Å²) in [5.41, 5.74) is 20.7. The zero-order valence-electron chi connectivity index (χ0n) is 35.9. The van der Waals surface area contributed by atoms with Gasteiger partial charge in [-0.3, -0.25) is 14.4 Å². The number of H-pyrrole nitrogens is 2. The van der Waals surface area contributed by atoms with E-state index in [9.17, 15) is 34.0 Å². The molecular formula is C46H48N10O9. The first-order chi connectivity index (χ1) is 30.9. The number of carbonyl (C=O) groups excluding carboxylic acids is 5. The maximum atomic E-state index is 12.5. The SMILES string of the molecule is CC(=O)CC[C@H](NC(C)=O)C(=O)Nc1ccc(Oc2ccc3[nH]c(N)c(C#N)c3c2)cc1.CC(=O)CC[C@H](NC(C)=O)C(=O)O.N#Cc1c(N)[nH]c2ccc(Oc3ccc(N)cc3)cc12. The lowest BCUT2D eigenvalue weighted by Gasteiger charge is -2.17. The molecule has 2 heterocycles. The highest BCUT2D eigenvalue weighted by molar-refractivity contribution is 5.97. The van der Waals surface area contributed by atoms with E-state index in [0.29, 0.717) is 62.5 Å². The van der Waals surface area contributed by atoms with Crippen molar-refractivity contribution in [2.75, 3.05) is 22.5 Å². The number of ether oxygens (including phenoxy) is 2. The standard InChI is InChI=1S/C23H23N5O4.C15H12N4O.C8H13NO4/c1-13(29)3-9-21(26-14(2)30)23(31)27-15-4-6-16(7-5-15)32-17-8-10-20-18(11-17)19(12-24)22(25)28-20;16-8-13-12-7-11(5-6-14(12)19-15(13)18)20-10-3-1-9(17)2-4-10;1-5(10)3-4-7(8(12)13)9-6(2)11/h4-8,10-11,21,28H,3,9,25H2,1-2H3,(H,26,30)(H,27,31);1-7,19H,17-18H2;7H,3-4H2,1-2H3,(H,9,11)(H,12,13)/t21-;;7-/m0.0/s1.